The molecule has 0 aromatic heterocycles. The van der Waals surface area contributed by atoms with Crippen LogP contribution in [0.5, 0.6) is 5.75 Å². The highest BCUT2D eigenvalue weighted by molar-refractivity contribution is 5.94. The van der Waals surface area contributed by atoms with Crippen LogP contribution in [0, 0.1) is 0 Å². The summed E-state index contributed by atoms with van der Waals surface area (Å²) in [5.41, 5.74) is 3.44. The van der Waals surface area contributed by atoms with E-state index in [1.54, 1.807) is 7.11 Å². The van der Waals surface area contributed by atoms with Crippen molar-refractivity contribution in [3.8, 4) is 5.75 Å². The number of hydrogen-bond acceptors (Lipinski definition) is 3. The third-order valence-corrected chi connectivity index (χ3v) is 5.84. The number of ether oxygens (including phenoxy) is 1. The minimum Gasteiger partial charge on any atom is -0.497 e. The molecule has 0 spiro atoms. The van der Waals surface area contributed by atoms with Gasteiger partial charge < -0.3 is 9.64 Å². The zero-order valence-corrected chi connectivity index (χ0v) is 16.1. The quantitative estimate of drug-likeness (QED) is 0.794. The number of amides is 1. The second-order valence-electron chi connectivity index (χ2n) is 7.60. The molecule has 27 heavy (non-hydrogen) atoms. The van der Waals surface area contributed by atoms with Crippen molar-refractivity contribution in [3.63, 3.8) is 0 Å². The van der Waals surface area contributed by atoms with Crippen molar-refractivity contribution in [2.75, 3.05) is 26.7 Å². The van der Waals surface area contributed by atoms with E-state index in [9.17, 15) is 4.79 Å². The summed E-state index contributed by atoms with van der Waals surface area (Å²) >= 11 is 0. The standard InChI is InChI=1S/C23H28N2O2/c1-27-21-12-10-19(11-13-21)22-5-4-16-25(22)17-18-6-8-20(9-7-18)23(26)24-14-2-3-15-24/h6-13,22H,2-5,14-17H2,1H3. The molecule has 1 amide bonds. The lowest BCUT2D eigenvalue weighted by Crippen LogP contribution is -2.27. The smallest absolute Gasteiger partial charge is 0.253 e. The van der Waals surface area contributed by atoms with Gasteiger partial charge in [0.15, 0.2) is 0 Å². The number of nitrogens with zero attached hydrogens (tertiary/aromatic N) is 2. The average Bonchev–Trinajstić information content (AvgIpc) is 3.40. The van der Waals surface area contributed by atoms with Crippen molar-refractivity contribution in [1.29, 1.82) is 0 Å². The first kappa shape index (κ1) is 18.1. The molecule has 2 saturated heterocycles. The molecule has 4 rings (SSSR count). The van der Waals surface area contributed by atoms with Crippen LogP contribution in [0.4, 0.5) is 0 Å². The summed E-state index contributed by atoms with van der Waals surface area (Å²) in [5.74, 6) is 1.08. The van der Waals surface area contributed by atoms with Crippen LogP contribution in [-0.2, 0) is 6.54 Å². The highest BCUT2D eigenvalue weighted by atomic mass is 16.5. The third-order valence-electron chi connectivity index (χ3n) is 5.84. The summed E-state index contributed by atoms with van der Waals surface area (Å²) in [6.07, 6.45) is 4.68. The van der Waals surface area contributed by atoms with Crippen molar-refractivity contribution in [2.45, 2.75) is 38.3 Å². The predicted molar refractivity (Wildman–Crippen MR) is 107 cm³/mol. The van der Waals surface area contributed by atoms with Gasteiger partial charge in [-0.15, -0.1) is 0 Å². The average molecular weight is 364 g/mol. The van der Waals surface area contributed by atoms with Crippen LogP contribution in [0.25, 0.3) is 0 Å². The summed E-state index contributed by atoms with van der Waals surface area (Å²) in [5, 5.41) is 0. The molecular weight excluding hydrogens is 336 g/mol. The molecule has 0 N–H and O–H groups in total. The van der Waals surface area contributed by atoms with Gasteiger partial charge in [0, 0.05) is 31.2 Å². The molecule has 0 radical (unpaired) electrons. The fraction of sp³-hybridized carbons (Fsp3) is 0.435. The van der Waals surface area contributed by atoms with Crippen LogP contribution in [0.15, 0.2) is 48.5 Å². The van der Waals surface area contributed by atoms with Gasteiger partial charge >= 0.3 is 0 Å². The molecule has 0 aliphatic carbocycles. The van der Waals surface area contributed by atoms with E-state index in [0.717, 1.165) is 50.3 Å². The Balaban J connectivity index is 1.42. The Morgan fingerprint density at radius 1 is 0.963 bits per heavy atom. The van der Waals surface area contributed by atoms with E-state index in [4.69, 9.17) is 4.74 Å². The first-order valence-electron chi connectivity index (χ1n) is 10.0. The van der Waals surface area contributed by atoms with Gasteiger partial charge in [0.05, 0.1) is 7.11 Å². The minimum absolute atomic E-state index is 0.177. The Kier molecular flexibility index (Phi) is 5.44. The first-order valence-corrected chi connectivity index (χ1v) is 10.0. The summed E-state index contributed by atoms with van der Waals surface area (Å²) < 4.78 is 5.28. The van der Waals surface area contributed by atoms with E-state index in [-0.39, 0.29) is 5.91 Å². The lowest BCUT2D eigenvalue weighted by atomic mass is 10.0. The Morgan fingerprint density at radius 2 is 1.67 bits per heavy atom. The van der Waals surface area contributed by atoms with Gasteiger partial charge in [-0.1, -0.05) is 24.3 Å². The molecular formula is C23H28N2O2. The molecule has 2 aromatic rings. The minimum atomic E-state index is 0.177. The van der Waals surface area contributed by atoms with E-state index in [0.29, 0.717) is 6.04 Å². The number of benzene rings is 2. The van der Waals surface area contributed by atoms with Gasteiger partial charge in [0.1, 0.15) is 5.75 Å². The van der Waals surface area contributed by atoms with E-state index in [1.165, 1.54) is 24.0 Å². The lowest BCUT2D eigenvalue weighted by molar-refractivity contribution is 0.0793. The van der Waals surface area contributed by atoms with E-state index >= 15 is 0 Å². The topological polar surface area (TPSA) is 32.8 Å². The molecule has 0 saturated carbocycles. The fourth-order valence-electron chi connectivity index (χ4n) is 4.31. The Bertz CT molecular complexity index is 764. The second-order valence-corrected chi connectivity index (χ2v) is 7.60. The van der Waals surface area contributed by atoms with Crippen LogP contribution in [0.1, 0.15) is 53.2 Å². The van der Waals surface area contributed by atoms with Gasteiger partial charge in [-0.05, 0) is 67.6 Å². The highest BCUT2D eigenvalue weighted by Crippen LogP contribution is 2.34. The molecule has 0 bridgehead atoms. The number of methoxy groups -OCH3 is 1. The molecule has 2 aliphatic heterocycles. The first-order chi connectivity index (χ1) is 13.2. The summed E-state index contributed by atoms with van der Waals surface area (Å²) in [6.45, 7) is 3.84. The van der Waals surface area contributed by atoms with Gasteiger partial charge in [0.2, 0.25) is 0 Å². The van der Waals surface area contributed by atoms with Crippen LogP contribution < -0.4 is 4.74 Å². The SMILES string of the molecule is COc1ccc(C2CCCN2Cc2ccc(C(=O)N3CCCC3)cc2)cc1. The molecule has 2 fully saturated rings. The highest BCUT2D eigenvalue weighted by Gasteiger charge is 2.26. The van der Waals surface area contributed by atoms with Gasteiger partial charge in [-0.2, -0.15) is 0 Å². The van der Waals surface area contributed by atoms with Crippen LogP contribution in [-0.4, -0.2) is 42.5 Å². The van der Waals surface area contributed by atoms with Crippen LogP contribution in [0.3, 0.4) is 0 Å². The van der Waals surface area contributed by atoms with Crippen LogP contribution in [0.2, 0.25) is 0 Å². The maximum atomic E-state index is 12.5. The van der Waals surface area contributed by atoms with Crippen LogP contribution >= 0.6 is 0 Å². The molecule has 1 atom stereocenters. The van der Waals surface area contributed by atoms with Gasteiger partial charge in [0.25, 0.3) is 5.91 Å². The van der Waals surface area contributed by atoms with Crippen molar-refractivity contribution in [3.05, 3.63) is 65.2 Å². The van der Waals surface area contributed by atoms with Gasteiger partial charge in [-0.3, -0.25) is 9.69 Å². The molecule has 4 nitrogen and oxygen atoms in total. The molecule has 2 heterocycles. The van der Waals surface area contributed by atoms with E-state index in [1.807, 2.05) is 29.2 Å². The molecule has 2 aliphatic rings. The predicted octanol–water partition coefficient (Wildman–Crippen LogP) is 4.27. The number of likely N-dealkylation sites (tertiary alicyclic amines) is 2. The third kappa shape index (κ3) is 4.01. The molecule has 1 unspecified atom stereocenters. The van der Waals surface area contributed by atoms with Crippen molar-refractivity contribution in [2.24, 2.45) is 0 Å². The maximum Gasteiger partial charge on any atom is 0.253 e. The Hall–Kier alpha value is -2.33. The Morgan fingerprint density at radius 3 is 2.33 bits per heavy atom. The number of carbonyl (C=O) groups is 1. The number of rotatable bonds is 5. The van der Waals surface area contributed by atoms with E-state index < -0.39 is 0 Å². The summed E-state index contributed by atoms with van der Waals surface area (Å²) in [4.78, 5) is 17.0. The van der Waals surface area contributed by atoms with Crippen molar-refractivity contribution in [1.82, 2.24) is 9.80 Å². The molecule has 4 heteroatoms. The molecule has 2 aromatic carbocycles. The zero-order valence-electron chi connectivity index (χ0n) is 16.1. The zero-order chi connectivity index (χ0) is 18.6. The normalized spacial score (nSPS) is 20.2. The fourth-order valence-corrected chi connectivity index (χ4v) is 4.31. The van der Waals surface area contributed by atoms with Crippen molar-refractivity contribution >= 4 is 5.91 Å². The second kappa shape index (κ2) is 8.13. The monoisotopic (exact) mass is 364 g/mol. The number of carbonyl (C=O) groups excluding carboxylic acids is 1. The number of hydrogen-bond donors (Lipinski definition) is 0. The maximum absolute atomic E-state index is 12.5. The largest absolute Gasteiger partial charge is 0.497 e. The lowest BCUT2D eigenvalue weighted by Gasteiger charge is -2.25. The van der Waals surface area contributed by atoms with Crippen molar-refractivity contribution < 1.29 is 9.53 Å². The van der Waals surface area contributed by atoms with E-state index in [2.05, 4.69) is 29.2 Å². The Labute approximate surface area is 161 Å². The molecule has 142 valence electrons. The summed E-state index contributed by atoms with van der Waals surface area (Å²) in [7, 11) is 1.70. The summed E-state index contributed by atoms with van der Waals surface area (Å²) in [6, 6.07) is 17.1. The van der Waals surface area contributed by atoms with Gasteiger partial charge in [-0.25, -0.2) is 0 Å².